The number of carbonyl (C=O) groups is 4. The van der Waals surface area contributed by atoms with Crippen LogP contribution in [-0.2, 0) is 32.0 Å². The van der Waals surface area contributed by atoms with Gasteiger partial charge in [-0.25, -0.2) is 9.28 Å². The first-order valence-corrected chi connectivity index (χ1v) is 14.6. The molecule has 0 saturated carbocycles. The molecule has 256 valence electrons. The number of nitrogens with two attached hydrogens (primary N) is 4. The van der Waals surface area contributed by atoms with Crippen molar-refractivity contribution in [2.24, 2.45) is 22.9 Å². The van der Waals surface area contributed by atoms with Crippen LogP contribution in [-0.4, -0.2) is 88.7 Å². The van der Waals surface area contributed by atoms with Crippen LogP contribution in [0.25, 0.3) is 11.1 Å². The van der Waals surface area contributed by atoms with Gasteiger partial charge in [-0.2, -0.15) is 0 Å². The minimum Gasteiger partial charge on any atom is -0.508 e. The Hall–Kier alpha value is -3.17. The van der Waals surface area contributed by atoms with Crippen molar-refractivity contribution in [3.63, 3.8) is 0 Å². The first-order valence-electron chi connectivity index (χ1n) is 14.6. The summed E-state index contributed by atoms with van der Waals surface area (Å²) in [6, 6.07) is 5.60. The fraction of sp³-hybridized carbons (Fsp3) is 0.467. The van der Waals surface area contributed by atoms with Gasteiger partial charge in [0.15, 0.2) is 6.04 Å². The molecule has 4 amide bonds. The zero-order valence-corrected chi connectivity index (χ0v) is 27.8. The van der Waals surface area contributed by atoms with E-state index in [0.29, 0.717) is 48.1 Å². The zero-order chi connectivity index (χ0) is 31.3. The highest BCUT2D eigenvalue weighted by Gasteiger charge is 2.53. The SMILES string of the molecule is Cl.Cl.Cl.NCCC[C@@H]1NC(=O)[C@@H](N)Cc2cc(ccc2O)-c2ccc(O)c(c2)C[C@@H](C(=O)[N+]2(CCN)CCC[C@H]2C(N)=O)NC1=O. The summed E-state index contributed by atoms with van der Waals surface area (Å²) in [6.45, 7) is 0.823. The number of aromatic hydroxyl groups is 2. The highest BCUT2D eigenvalue weighted by atomic mass is 35.5. The minimum atomic E-state index is -1.20. The molecule has 2 aliphatic heterocycles. The number of nitrogens with zero attached hydrogens (tertiary/aromatic N) is 1. The topological polar surface area (TPSA) is 237 Å². The summed E-state index contributed by atoms with van der Waals surface area (Å²) < 4.78 is -0.316. The molecule has 46 heavy (non-hydrogen) atoms. The van der Waals surface area contributed by atoms with E-state index in [1.807, 2.05) is 0 Å². The number of quaternary nitrogens is 1. The number of likely N-dealkylation sites (tertiary alicyclic amines) is 1. The highest BCUT2D eigenvalue weighted by Crippen LogP contribution is 2.33. The number of hydrogen-bond donors (Lipinski definition) is 8. The maximum absolute atomic E-state index is 14.4. The molecule has 1 fully saturated rings. The highest BCUT2D eigenvalue weighted by molar-refractivity contribution is 5.93. The summed E-state index contributed by atoms with van der Waals surface area (Å²) in [6.07, 6.45) is 1.43. The molecule has 2 aromatic rings. The number of rotatable bonds is 7. The lowest BCUT2D eigenvalue weighted by Gasteiger charge is -2.38. The number of phenols is 2. The molecule has 2 aromatic carbocycles. The largest absolute Gasteiger partial charge is 0.508 e. The Morgan fingerprint density at radius 3 is 2.00 bits per heavy atom. The van der Waals surface area contributed by atoms with Crippen LogP contribution >= 0.6 is 37.2 Å². The van der Waals surface area contributed by atoms with Gasteiger partial charge in [0, 0.05) is 32.2 Å². The van der Waals surface area contributed by atoms with Gasteiger partial charge >= 0.3 is 5.91 Å². The molecular formula is C30H45Cl3N7O6+. The summed E-state index contributed by atoms with van der Waals surface area (Å²) in [5, 5.41) is 26.9. The normalized spacial score (nSPS) is 24.4. The van der Waals surface area contributed by atoms with Crippen LogP contribution in [0.4, 0.5) is 0 Å². The van der Waals surface area contributed by atoms with Crippen LogP contribution in [0.1, 0.15) is 36.8 Å². The molecule has 4 bridgehead atoms. The number of hydrogen-bond acceptors (Lipinski definition) is 9. The van der Waals surface area contributed by atoms with Gasteiger partial charge in [0.2, 0.25) is 11.8 Å². The molecule has 1 saturated heterocycles. The number of benzene rings is 2. The average Bonchev–Trinajstić information content (AvgIpc) is 3.41. The lowest BCUT2D eigenvalue weighted by Crippen LogP contribution is -2.67. The van der Waals surface area contributed by atoms with Crippen molar-refractivity contribution in [3.05, 3.63) is 47.5 Å². The van der Waals surface area contributed by atoms with Crippen LogP contribution in [0.5, 0.6) is 11.5 Å². The summed E-state index contributed by atoms with van der Waals surface area (Å²) in [5.74, 6) is -2.46. The Bertz CT molecular complexity index is 1400. The number of nitrogens with one attached hydrogen (secondary N) is 2. The number of primary amides is 1. The second-order valence-corrected chi connectivity index (χ2v) is 11.4. The first-order chi connectivity index (χ1) is 20.5. The lowest BCUT2D eigenvalue weighted by molar-refractivity contribution is -0.856. The fourth-order valence-electron chi connectivity index (χ4n) is 6.29. The molecule has 12 N–H and O–H groups in total. The molecule has 0 radical (unpaired) electrons. The quantitative estimate of drug-likeness (QED) is 0.182. The van der Waals surface area contributed by atoms with Crippen molar-refractivity contribution < 1.29 is 33.9 Å². The van der Waals surface area contributed by atoms with Gasteiger partial charge in [0.05, 0.1) is 19.1 Å². The van der Waals surface area contributed by atoms with Gasteiger partial charge < -0.3 is 43.8 Å². The number of halogens is 3. The smallest absolute Gasteiger partial charge is 0.337 e. The third kappa shape index (κ3) is 8.79. The monoisotopic (exact) mass is 704 g/mol. The summed E-state index contributed by atoms with van der Waals surface area (Å²) in [7, 11) is 0. The summed E-state index contributed by atoms with van der Waals surface area (Å²) in [5.41, 5.74) is 25.7. The van der Waals surface area contributed by atoms with Crippen LogP contribution < -0.4 is 33.6 Å². The standard InChI is InChI=1S/C30H41N7O6.3ClH/c31-9-1-3-22-29(42)36-23(30(43)37(12-10-32)11-2-4-24(37)27(34)40)16-20-14-18(6-8-26(20)39)17-5-7-25(38)19(13-17)15-21(33)28(41)35-22;;;/h5-8,13-14,21-24H,1-4,9-12,15-16,31-33H2,(H5-,34,35,36,38,39,40,41,42);3*1H/p+1/t21-,22-,23-,24-,37?;;;/m0.../s1. The average molecular weight is 706 g/mol. The summed E-state index contributed by atoms with van der Waals surface area (Å²) in [4.78, 5) is 53.8. The number of fused-ring (bicyclic) bond motifs is 5. The Kier molecular flexibility index (Phi) is 15.7. The lowest BCUT2D eigenvalue weighted by atomic mass is 9.95. The maximum Gasteiger partial charge on any atom is 0.337 e. The van der Waals surface area contributed by atoms with E-state index in [9.17, 15) is 29.4 Å². The Morgan fingerprint density at radius 2 is 1.46 bits per heavy atom. The molecule has 13 nitrogen and oxygen atoms in total. The van der Waals surface area contributed by atoms with Gasteiger partial charge in [-0.05, 0) is 65.9 Å². The van der Waals surface area contributed by atoms with Crippen LogP contribution in [0.3, 0.4) is 0 Å². The Morgan fingerprint density at radius 1 is 0.870 bits per heavy atom. The molecule has 16 heteroatoms. The number of phenolic OH excluding ortho intramolecular Hbond substituents is 2. The van der Waals surface area contributed by atoms with Gasteiger partial charge in [0.25, 0.3) is 5.91 Å². The van der Waals surface area contributed by atoms with E-state index in [-0.39, 0.29) is 92.1 Å². The molecule has 0 aromatic heterocycles. The van der Waals surface area contributed by atoms with E-state index in [2.05, 4.69) is 10.6 Å². The van der Waals surface area contributed by atoms with Gasteiger partial charge in [-0.15, -0.1) is 37.2 Å². The molecular weight excluding hydrogens is 661 g/mol. The van der Waals surface area contributed by atoms with Crippen molar-refractivity contribution >= 4 is 60.8 Å². The van der Waals surface area contributed by atoms with E-state index in [4.69, 9.17) is 22.9 Å². The molecule has 5 atom stereocenters. The van der Waals surface area contributed by atoms with Crippen LogP contribution in [0, 0.1) is 0 Å². The van der Waals surface area contributed by atoms with Crippen LogP contribution in [0.2, 0.25) is 0 Å². The van der Waals surface area contributed by atoms with E-state index >= 15 is 0 Å². The predicted molar refractivity (Wildman–Crippen MR) is 181 cm³/mol. The van der Waals surface area contributed by atoms with E-state index in [0.717, 1.165) is 0 Å². The van der Waals surface area contributed by atoms with E-state index in [1.165, 1.54) is 12.1 Å². The maximum atomic E-state index is 14.4. The fourth-order valence-corrected chi connectivity index (χ4v) is 6.29. The van der Waals surface area contributed by atoms with Gasteiger partial charge in [-0.3, -0.25) is 14.4 Å². The van der Waals surface area contributed by atoms with Crippen molar-refractivity contribution in [1.29, 1.82) is 0 Å². The van der Waals surface area contributed by atoms with Crippen molar-refractivity contribution in [1.82, 2.24) is 10.6 Å². The second-order valence-electron chi connectivity index (χ2n) is 11.4. The van der Waals surface area contributed by atoms with Crippen LogP contribution in [0.15, 0.2) is 36.4 Å². The van der Waals surface area contributed by atoms with Crippen molar-refractivity contribution in [2.45, 2.75) is 62.7 Å². The number of carbonyl (C=O) groups excluding carboxylic acids is 4. The molecule has 2 aliphatic rings. The molecule has 0 spiro atoms. The molecule has 4 rings (SSSR count). The zero-order valence-electron chi connectivity index (χ0n) is 25.4. The third-order valence-corrected chi connectivity index (χ3v) is 8.56. The van der Waals surface area contributed by atoms with Gasteiger partial charge in [0.1, 0.15) is 23.6 Å². The third-order valence-electron chi connectivity index (χ3n) is 8.56. The molecule has 2 heterocycles. The van der Waals surface area contributed by atoms with E-state index in [1.54, 1.807) is 24.3 Å². The number of amides is 4. The first kappa shape index (κ1) is 40.9. The second kappa shape index (κ2) is 17.7. The Balaban J connectivity index is 0.00000353. The molecule has 0 aliphatic carbocycles. The van der Waals surface area contributed by atoms with Crippen molar-refractivity contribution in [3.8, 4) is 22.6 Å². The minimum absolute atomic E-state index is 0. The Labute approximate surface area is 286 Å². The summed E-state index contributed by atoms with van der Waals surface area (Å²) >= 11 is 0. The predicted octanol–water partition coefficient (Wildman–Crippen LogP) is 0.114. The van der Waals surface area contributed by atoms with Crippen molar-refractivity contribution in [2.75, 3.05) is 26.2 Å². The van der Waals surface area contributed by atoms with E-state index < -0.39 is 47.8 Å². The van der Waals surface area contributed by atoms with Gasteiger partial charge in [-0.1, -0.05) is 12.1 Å². The molecule has 1 unspecified atom stereocenters.